The van der Waals surface area contributed by atoms with Crippen LogP contribution in [0.1, 0.15) is 24.2 Å². The molecule has 0 radical (unpaired) electrons. The molecule has 0 unspecified atom stereocenters. The monoisotopic (exact) mass is 293 g/mol. The lowest BCUT2D eigenvalue weighted by Crippen LogP contribution is -2.41. The number of methoxy groups -OCH3 is 1. The number of nitrogens with zero attached hydrogens (tertiary/aromatic N) is 2. The Morgan fingerprint density at radius 3 is 2.38 bits per heavy atom. The van der Waals surface area contributed by atoms with Crippen LogP contribution in [0.2, 0.25) is 0 Å². The maximum absolute atomic E-state index is 12.8. The van der Waals surface area contributed by atoms with E-state index in [0.717, 1.165) is 5.69 Å². The van der Waals surface area contributed by atoms with Crippen LogP contribution in [0.15, 0.2) is 18.2 Å². The van der Waals surface area contributed by atoms with Gasteiger partial charge in [0, 0.05) is 31.5 Å². The topological polar surface area (TPSA) is 75.9 Å². The van der Waals surface area contributed by atoms with Crippen LogP contribution < -0.4 is 10.6 Å². The van der Waals surface area contributed by atoms with Crippen LogP contribution in [-0.4, -0.2) is 50.6 Å². The Bertz CT molecular complexity index is 527. The Labute approximate surface area is 125 Å². The number of hydrogen-bond donors (Lipinski definition) is 1. The minimum absolute atomic E-state index is 0.0886. The largest absolute Gasteiger partial charge is 0.468 e. The van der Waals surface area contributed by atoms with E-state index in [9.17, 15) is 9.59 Å². The Morgan fingerprint density at radius 1 is 1.29 bits per heavy atom. The Kier molecular flexibility index (Phi) is 5.58. The number of nitrogen functional groups attached to an aromatic ring is 1. The molecule has 0 aliphatic carbocycles. The first-order valence-electron chi connectivity index (χ1n) is 6.72. The summed E-state index contributed by atoms with van der Waals surface area (Å²) in [5.74, 6) is -0.696. The predicted molar refractivity (Wildman–Crippen MR) is 83.4 cm³/mol. The molecule has 2 N–H and O–H groups in total. The van der Waals surface area contributed by atoms with Crippen LogP contribution >= 0.6 is 0 Å². The highest BCUT2D eigenvalue weighted by Crippen LogP contribution is 2.23. The number of carbonyl (C=O) groups is 2. The zero-order valence-corrected chi connectivity index (χ0v) is 13.2. The van der Waals surface area contributed by atoms with Gasteiger partial charge in [-0.25, -0.2) is 0 Å². The average molecular weight is 293 g/mol. The molecule has 0 aliphatic heterocycles. The zero-order chi connectivity index (χ0) is 16.2. The van der Waals surface area contributed by atoms with Crippen molar-refractivity contribution < 1.29 is 14.3 Å². The molecule has 0 saturated carbocycles. The molecule has 1 rings (SSSR count). The molecule has 0 saturated heterocycles. The van der Waals surface area contributed by atoms with Gasteiger partial charge in [0.05, 0.1) is 12.7 Å². The number of benzene rings is 1. The number of amides is 1. The maximum atomic E-state index is 12.8. The highest BCUT2D eigenvalue weighted by atomic mass is 16.5. The summed E-state index contributed by atoms with van der Waals surface area (Å²) in [5, 5.41) is 0. The summed E-state index contributed by atoms with van der Waals surface area (Å²) in [4.78, 5) is 27.6. The van der Waals surface area contributed by atoms with Crippen LogP contribution in [0.4, 0.5) is 11.4 Å². The lowest BCUT2D eigenvalue weighted by atomic mass is 10.1. The maximum Gasteiger partial charge on any atom is 0.325 e. The molecular formula is C15H23N3O3. The molecule has 0 atom stereocenters. The van der Waals surface area contributed by atoms with Crippen molar-refractivity contribution in [3.8, 4) is 0 Å². The zero-order valence-electron chi connectivity index (χ0n) is 13.2. The van der Waals surface area contributed by atoms with E-state index in [2.05, 4.69) is 4.74 Å². The second kappa shape index (κ2) is 6.97. The van der Waals surface area contributed by atoms with Crippen molar-refractivity contribution >= 4 is 23.3 Å². The van der Waals surface area contributed by atoms with E-state index in [-0.39, 0.29) is 18.5 Å². The van der Waals surface area contributed by atoms with Crippen molar-refractivity contribution in [1.82, 2.24) is 4.90 Å². The van der Waals surface area contributed by atoms with Crippen LogP contribution in [0.5, 0.6) is 0 Å². The lowest BCUT2D eigenvalue weighted by Gasteiger charge is -2.27. The van der Waals surface area contributed by atoms with Gasteiger partial charge >= 0.3 is 5.97 Å². The predicted octanol–water partition coefficient (Wildman–Crippen LogP) is 1.36. The molecule has 0 spiro atoms. The fourth-order valence-electron chi connectivity index (χ4n) is 1.96. The van der Waals surface area contributed by atoms with E-state index in [4.69, 9.17) is 5.73 Å². The van der Waals surface area contributed by atoms with E-state index in [0.29, 0.717) is 11.3 Å². The van der Waals surface area contributed by atoms with Crippen molar-refractivity contribution in [1.29, 1.82) is 0 Å². The van der Waals surface area contributed by atoms with Gasteiger partial charge in [-0.15, -0.1) is 0 Å². The van der Waals surface area contributed by atoms with E-state index < -0.39 is 5.97 Å². The third-order valence-electron chi connectivity index (χ3n) is 3.14. The quantitative estimate of drug-likeness (QED) is 0.655. The van der Waals surface area contributed by atoms with Gasteiger partial charge in [0.2, 0.25) is 0 Å². The first-order valence-corrected chi connectivity index (χ1v) is 6.72. The molecule has 0 fully saturated rings. The fourth-order valence-corrected chi connectivity index (χ4v) is 1.96. The third-order valence-corrected chi connectivity index (χ3v) is 3.14. The normalized spacial score (nSPS) is 10.4. The molecule has 6 nitrogen and oxygen atoms in total. The van der Waals surface area contributed by atoms with Gasteiger partial charge in [0.15, 0.2) is 0 Å². The van der Waals surface area contributed by atoms with Crippen molar-refractivity contribution in [3.63, 3.8) is 0 Å². The van der Waals surface area contributed by atoms with Gasteiger partial charge in [0.25, 0.3) is 5.91 Å². The lowest BCUT2D eigenvalue weighted by molar-refractivity contribution is -0.141. The highest BCUT2D eigenvalue weighted by Gasteiger charge is 2.24. The summed E-state index contributed by atoms with van der Waals surface area (Å²) in [6, 6.07) is 5.03. The fraction of sp³-hybridized carbons (Fsp3) is 0.467. The number of anilines is 2. The van der Waals surface area contributed by atoms with Gasteiger partial charge in [-0.05, 0) is 32.0 Å². The minimum Gasteiger partial charge on any atom is -0.468 e. The summed E-state index contributed by atoms with van der Waals surface area (Å²) in [5.41, 5.74) is 7.52. The number of carbonyl (C=O) groups excluding carboxylic acids is 2. The number of nitrogens with two attached hydrogens (primary N) is 1. The second-order valence-corrected chi connectivity index (χ2v) is 5.27. The molecule has 0 heterocycles. The van der Waals surface area contributed by atoms with Crippen LogP contribution in [0.25, 0.3) is 0 Å². The number of rotatable bonds is 5. The molecule has 21 heavy (non-hydrogen) atoms. The Morgan fingerprint density at radius 2 is 1.90 bits per heavy atom. The van der Waals surface area contributed by atoms with Gasteiger partial charge in [-0.1, -0.05) is 0 Å². The highest BCUT2D eigenvalue weighted by molar-refractivity contribution is 6.02. The third kappa shape index (κ3) is 4.11. The van der Waals surface area contributed by atoms with Crippen molar-refractivity contribution in [2.75, 3.05) is 38.4 Å². The Balaban J connectivity index is 3.20. The second-order valence-electron chi connectivity index (χ2n) is 5.27. The van der Waals surface area contributed by atoms with Gasteiger partial charge in [-0.3, -0.25) is 9.59 Å². The van der Waals surface area contributed by atoms with E-state index >= 15 is 0 Å². The van der Waals surface area contributed by atoms with E-state index in [1.807, 2.05) is 32.8 Å². The molecule has 1 amide bonds. The summed E-state index contributed by atoms with van der Waals surface area (Å²) >= 11 is 0. The first kappa shape index (κ1) is 16.8. The van der Waals surface area contributed by atoms with Crippen LogP contribution in [0.3, 0.4) is 0 Å². The molecular weight excluding hydrogens is 270 g/mol. The van der Waals surface area contributed by atoms with Crippen molar-refractivity contribution in [2.45, 2.75) is 19.9 Å². The summed E-state index contributed by atoms with van der Waals surface area (Å²) in [6.45, 7) is 3.61. The standard InChI is InChI=1S/C15H23N3O3/c1-10(2)18(9-14(19)21-5)15(20)12-8-11(16)6-7-13(12)17(3)4/h6-8,10H,9,16H2,1-5H3. The summed E-state index contributed by atoms with van der Waals surface area (Å²) in [7, 11) is 5.00. The van der Waals surface area contributed by atoms with Gasteiger partial charge < -0.3 is 20.3 Å². The Hall–Kier alpha value is -2.24. The molecule has 116 valence electrons. The van der Waals surface area contributed by atoms with Crippen molar-refractivity contribution in [3.05, 3.63) is 23.8 Å². The number of ether oxygens (including phenoxy) is 1. The molecule has 0 aromatic heterocycles. The minimum atomic E-state index is -0.452. The average Bonchev–Trinajstić information content (AvgIpc) is 2.42. The van der Waals surface area contributed by atoms with E-state index in [1.54, 1.807) is 18.2 Å². The number of hydrogen-bond acceptors (Lipinski definition) is 5. The van der Waals surface area contributed by atoms with Crippen LogP contribution in [0, 0.1) is 0 Å². The molecule has 1 aromatic rings. The molecule has 0 aliphatic rings. The summed E-state index contributed by atoms with van der Waals surface area (Å²) < 4.78 is 4.65. The molecule has 0 bridgehead atoms. The smallest absolute Gasteiger partial charge is 0.325 e. The molecule has 1 aromatic carbocycles. The summed E-state index contributed by atoms with van der Waals surface area (Å²) in [6.07, 6.45) is 0. The van der Waals surface area contributed by atoms with Gasteiger partial charge in [0.1, 0.15) is 6.54 Å². The molecule has 6 heteroatoms. The number of esters is 1. The van der Waals surface area contributed by atoms with Gasteiger partial charge in [-0.2, -0.15) is 0 Å². The SMILES string of the molecule is COC(=O)CN(C(=O)c1cc(N)ccc1N(C)C)C(C)C. The van der Waals surface area contributed by atoms with Crippen LogP contribution in [-0.2, 0) is 9.53 Å². The van der Waals surface area contributed by atoms with Crippen molar-refractivity contribution in [2.24, 2.45) is 0 Å². The first-order chi connectivity index (χ1) is 9.77. The van der Waals surface area contributed by atoms with E-state index in [1.165, 1.54) is 12.0 Å².